The standard InChI is InChI=1S/C19H22N4O2S.C2HF3O2/c1-25-16-5-3-2-4-14(16)17(20)18(24)22-8-6-13(7-9-22)15-12-23-10-11-26-19(23)21-15;3-2(4,5)1(6)7/h2-5,10-13,17H,6-9,20H2,1H3;(H,6,7). The molecule has 178 valence electrons. The van der Waals surface area contributed by atoms with Crippen LogP contribution in [0.3, 0.4) is 0 Å². The Bertz CT molecular complexity index is 1080. The van der Waals surface area contributed by atoms with E-state index in [2.05, 4.69) is 10.6 Å². The summed E-state index contributed by atoms with van der Waals surface area (Å²) in [6, 6.07) is 6.74. The van der Waals surface area contributed by atoms with Gasteiger partial charge in [-0.1, -0.05) is 18.2 Å². The highest BCUT2D eigenvalue weighted by Gasteiger charge is 2.38. The number of amides is 1. The van der Waals surface area contributed by atoms with Crippen LogP contribution in [-0.2, 0) is 9.59 Å². The highest BCUT2D eigenvalue weighted by atomic mass is 32.1. The number of nitrogens with zero attached hydrogens (tertiary/aromatic N) is 3. The van der Waals surface area contributed by atoms with E-state index in [1.807, 2.05) is 40.7 Å². The van der Waals surface area contributed by atoms with Crippen molar-refractivity contribution in [3.05, 3.63) is 53.3 Å². The molecule has 0 saturated carbocycles. The van der Waals surface area contributed by atoms with Gasteiger partial charge in [0.15, 0.2) is 4.96 Å². The van der Waals surface area contributed by atoms with Crippen LogP contribution in [0.25, 0.3) is 4.96 Å². The van der Waals surface area contributed by atoms with Gasteiger partial charge in [-0.25, -0.2) is 9.78 Å². The number of fused-ring (bicyclic) bond motifs is 1. The van der Waals surface area contributed by atoms with Crippen molar-refractivity contribution in [3.63, 3.8) is 0 Å². The van der Waals surface area contributed by atoms with E-state index in [0.29, 0.717) is 24.8 Å². The number of hydrogen-bond donors (Lipinski definition) is 2. The minimum absolute atomic E-state index is 0.0428. The summed E-state index contributed by atoms with van der Waals surface area (Å²) in [6.07, 6.45) is 0.875. The number of methoxy groups -OCH3 is 1. The van der Waals surface area contributed by atoms with E-state index in [0.717, 1.165) is 29.1 Å². The molecule has 1 atom stereocenters. The third kappa shape index (κ3) is 5.82. The molecule has 1 unspecified atom stereocenters. The van der Waals surface area contributed by atoms with Crippen LogP contribution in [0.2, 0.25) is 0 Å². The zero-order chi connectivity index (χ0) is 24.2. The summed E-state index contributed by atoms with van der Waals surface area (Å²) in [6.45, 7) is 1.41. The largest absolute Gasteiger partial charge is 0.496 e. The summed E-state index contributed by atoms with van der Waals surface area (Å²) in [5.74, 6) is -1.75. The molecular formula is C21H23F3N4O4S. The fourth-order valence-electron chi connectivity index (χ4n) is 3.59. The molecule has 1 fully saturated rings. The SMILES string of the molecule is COc1ccccc1C(N)C(=O)N1CCC(c2cn3ccsc3n2)CC1.O=C(O)C(F)(F)F. The van der Waals surface area contributed by atoms with Crippen LogP contribution in [0, 0.1) is 0 Å². The highest BCUT2D eigenvalue weighted by molar-refractivity contribution is 7.15. The number of rotatable bonds is 4. The lowest BCUT2D eigenvalue weighted by Gasteiger charge is -2.33. The predicted octanol–water partition coefficient (Wildman–Crippen LogP) is 3.44. The van der Waals surface area contributed by atoms with Crippen molar-refractivity contribution in [3.8, 4) is 5.75 Å². The van der Waals surface area contributed by atoms with E-state index in [1.165, 1.54) is 0 Å². The predicted molar refractivity (Wildman–Crippen MR) is 115 cm³/mol. The summed E-state index contributed by atoms with van der Waals surface area (Å²) in [5.41, 5.74) is 8.10. The molecule has 0 spiro atoms. The molecule has 8 nitrogen and oxygen atoms in total. The molecule has 3 aromatic rings. The summed E-state index contributed by atoms with van der Waals surface area (Å²) < 4.78 is 39.1. The van der Waals surface area contributed by atoms with Crippen LogP contribution in [0.15, 0.2) is 42.0 Å². The van der Waals surface area contributed by atoms with Crippen LogP contribution in [-0.4, -0.2) is 57.6 Å². The Morgan fingerprint density at radius 3 is 2.48 bits per heavy atom. The number of alkyl halides is 3. The number of carbonyl (C=O) groups is 2. The number of thiazole rings is 1. The number of carboxylic acids is 1. The van der Waals surface area contributed by atoms with Crippen LogP contribution in [0.1, 0.15) is 36.1 Å². The Hall–Kier alpha value is -3.12. The minimum Gasteiger partial charge on any atom is -0.496 e. The number of benzene rings is 1. The van der Waals surface area contributed by atoms with Gasteiger partial charge in [0.25, 0.3) is 0 Å². The molecule has 0 aliphatic carbocycles. The molecule has 3 N–H and O–H groups in total. The van der Waals surface area contributed by atoms with Gasteiger partial charge in [-0.05, 0) is 18.9 Å². The molecule has 1 aliphatic heterocycles. The average Bonchev–Trinajstić information content (AvgIpc) is 3.40. The van der Waals surface area contributed by atoms with Gasteiger partial charge in [-0.2, -0.15) is 13.2 Å². The minimum atomic E-state index is -5.08. The maximum absolute atomic E-state index is 12.8. The maximum Gasteiger partial charge on any atom is 0.490 e. The van der Waals surface area contributed by atoms with E-state index in [1.54, 1.807) is 18.4 Å². The van der Waals surface area contributed by atoms with E-state index in [-0.39, 0.29) is 5.91 Å². The Balaban J connectivity index is 0.000000383. The first-order valence-corrected chi connectivity index (χ1v) is 10.9. The zero-order valence-electron chi connectivity index (χ0n) is 17.7. The van der Waals surface area contributed by atoms with Gasteiger partial charge in [0.1, 0.15) is 11.8 Å². The number of aromatic nitrogens is 2. The third-order valence-electron chi connectivity index (χ3n) is 5.32. The fraction of sp³-hybridized carbons (Fsp3) is 0.381. The molecule has 0 radical (unpaired) electrons. The average molecular weight is 485 g/mol. The number of hydrogen-bond acceptors (Lipinski definition) is 6. The van der Waals surface area contributed by atoms with E-state index >= 15 is 0 Å². The van der Waals surface area contributed by atoms with Crippen molar-refractivity contribution in [2.24, 2.45) is 5.73 Å². The molecule has 33 heavy (non-hydrogen) atoms. The Morgan fingerprint density at radius 1 is 1.27 bits per heavy atom. The lowest BCUT2D eigenvalue weighted by atomic mass is 9.93. The first-order chi connectivity index (χ1) is 15.6. The second-order valence-corrected chi connectivity index (χ2v) is 8.25. The van der Waals surface area contributed by atoms with Crippen LogP contribution < -0.4 is 10.5 Å². The molecular weight excluding hydrogens is 461 g/mol. The van der Waals surface area contributed by atoms with Gasteiger partial charge in [0.2, 0.25) is 5.91 Å². The second-order valence-electron chi connectivity index (χ2n) is 7.38. The molecule has 1 amide bonds. The Labute approximate surface area is 191 Å². The highest BCUT2D eigenvalue weighted by Crippen LogP contribution is 2.31. The second kappa shape index (κ2) is 10.2. The number of halogens is 3. The summed E-state index contributed by atoms with van der Waals surface area (Å²) in [5, 5.41) is 9.16. The van der Waals surface area contributed by atoms with Crippen molar-refractivity contribution >= 4 is 28.2 Å². The summed E-state index contributed by atoms with van der Waals surface area (Å²) >= 11 is 1.64. The van der Waals surface area contributed by atoms with Gasteiger partial charge < -0.3 is 20.5 Å². The van der Waals surface area contributed by atoms with Crippen LogP contribution >= 0.6 is 11.3 Å². The molecule has 12 heteroatoms. The van der Waals surface area contributed by atoms with Gasteiger partial charge in [0.05, 0.1) is 12.8 Å². The van der Waals surface area contributed by atoms with Crippen molar-refractivity contribution in [2.75, 3.05) is 20.2 Å². The number of piperidine rings is 1. The van der Waals surface area contributed by atoms with E-state index in [9.17, 15) is 18.0 Å². The topological polar surface area (TPSA) is 110 Å². The molecule has 3 heterocycles. The van der Waals surface area contributed by atoms with Gasteiger partial charge in [-0.3, -0.25) is 9.20 Å². The van der Waals surface area contributed by atoms with Crippen molar-refractivity contribution in [2.45, 2.75) is 31.0 Å². The van der Waals surface area contributed by atoms with Crippen molar-refractivity contribution < 1.29 is 32.6 Å². The van der Waals surface area contributed by atoms with E-state index in [4.69, 9.17) is 25.4 Å². The smallest absolute Gasteiger partial charge is 0.490 e. The van der Waals surface area contributed by atoms with Crippen molar-refractivity contribution in [1.82, 2.24) is 14.3 Å². The third-order valence-corrected chi connectivity index (χ3v) is 6.09. The normalized spacial score (nSPS) is 15.6. The molecule has 1 aromatic carbocycles. The Morgan fingerprint density at radius 2 is 1.91 bits per heavy atom. The monoisotopic (exact) mass is 484 g/mol. The fourth-order valence-corrected chi connectivity index (χ4v) is 4.30. The zero-order valence-corrected chi connectivity index (χ0v) is 18.5. The van der Waals surface area contributed by atoms with E-state index < -0.39 is 18.2 Å². The molecule has 4 rings (SSSR count). The van der Waals surface area contributed by atoms with Crippen LogP contribution in [0.4, 0.5) is 13.2 Å². The van der Waals surface area contributed by atoms with Gasteiger partial charge in [0, 0.05) is 42.3 Å². The van der Waals surface area contributed by atoms with Crippen LogP contribution in [0.5, 0.6) is 5.75 Å². The number of carboxylic acid groups (broad SMARTS) is 1. The Kier molecular flexibility index (Phi) is 7.59. The number of likely N-dealkylation sites (tertiary alicyclic amines) is 1. The number of ether oxygens (including phenoxy) is 1. The summed E-state index contributed by atoms with van der Waals surface area (Å²) in [7, 11) is 1.59. The van der Waals surface area contributed by atoms with Gasteiger partial charge in [-0.15, -0.1) is 11.3 Å². The number of nitrogens with two attached hydrogens (primary N) is 1. The maximum atomic E-state index is 12.8. The first-order valence-electron chi connectivity index (χ1n) is 10.0. The number of aliphatic carboxylic acids is 1. The molecule has 0 bridgehead atoms. The quantitative estimate of drug-likeness (QED) is 0.587. The van der Waals surface area contributed by atoms with Gasteiger partial charge >= 0.3 is 12.1 Å². The summed E-state index contributed by atoms with van der Waals surface area (Å²) in [4.78, 5) is 29.3. The lowest BCUT2D eigenvalue weighted by Crippen LogP contribution is -2.43. The molecule has 1 aliphatic rings. The first kappa shape index (κ1) is 24.5. The molecule has 1 saturated heterocycles. The lowest BCUT2D eigenvalue weighted by molar-refractivity contribution is -0.192. The number of carbonyl (C=O) groups excluding carboxylic acids is 1. The number of imidazole rings is 1. The van der Waals surface area contributed by atoms with Crippen molar-refractivity contribution in [1.29, 1.82) is 0 Å². The number of para-hydroxylation sites is 1. The molecule has 2 aromatic heterocycles.